The first kappa shape index (κ1) is 107. The van der Waals surface area contributed by atoms with Crippen molar-refractivity contribution in [3.8, 4) is 51.7 Å². The maximum absolute atomic E-state index is 10.8. The van der Waals surface area contributed by atoms with E-state index in [0.717, 1.165) is 153 Å². The molecule has 708 valence electrons. The van der Waals surface area contributed by atoms with Crippen molar-refractivity contribution in [2.24, 2.45) is 35.5 Å². The zero-order chi connectivity index (χ0) is 95.0. The quantitative estimate of drug-likeness (QED) is 0.0495. The van der Waals surface area contributed by atoms with E-state index < -0.39 is 0 Å². The molecule has 6 fully saturated rings. The van der Waals surface area contributed by atoms with Crippen molar-refractivity contribution in [2.45, 2.75) is 468 Å². The van der Waals surface area contributed by atoms with Crippen LogP contribution in [0.2, 0.25) is 0 Å². The summed E-state index contributed by atoms with van der Waals surface area (Å²) in [4.78, 5) is 0. The third kappa shape index (κ3) is 31.9. The summed E-state index contributed by atoms with van der Waals surface area (Å²) in [5.41, 5.74) is 15.9. The fourth-order valence-electron chi connectivity index (χ4n) is 17.8. The fourth-order valence-corrected chi connectivity index (χ4v) is 17.8. The number of phenolic OH excluding ortho intramolecular Hbond substituents is 6. The molecule has 0 heterocycles. The number of aryl methyl sites for hydroxylation is 3. The number of aromatic hydroxyl groups is 6. The molecule has 0 aliphatic heterocycles. The zero-order valence-electron chi connectivity index (χ0n) is 87.4. The summed E-state index contributed by atoms with van der Waals surface area (Å²) in [6.07, 6.45) is 31.8. The molecule has 0 amide bonds. The average Bonchev–Trinajstić information content (AvgIpc) is 1.59. The van der Waals surface area contributed by atoms with Crippen LogP contribution in [0.15, 0.2) is 72.8 Å². The summed E-state index contributed by atoms with van der Waals surface area (Å²) in [5, 5.41) is 64.1. The van der Waals surface area contributed by atoms with Crippen LogP contribution < -0.4 is 14.2 Å². The van der Waals surface area contributed by atoms with Crippen LogP contribution in [0, 0.1) is 35.5 Å². The molecule has 0 atom stereocenters. The molecule has 6 aliphatic carbocycles. The molecule has 0 aromatic heterocycles. The molecule has 0 saturated heterocycles. The fraction of sp³-hybridized carbons (Fsp3) is 0.692. The lowest BCUT2D eigenvalue weighted by Gasteiger charge is -2.29. The van der Waals surface area contributed by atoms with E-state index in [4.69, 9.17) is 14.2 Å². The minimum absolute atomic E-state index is 0.0142. The zero-order valence-corrected chi connectivity index (χ0v) is 87.4. The smallest absolute Gasteiger partial charge is 0.123 e. The van der Waals surface area contributed by atoms with Crippen LogP contribution in [0.3, 0.4) is 0 Å². The lowest BCUT2D eigenvalue weighted by Crippen LogP contribution is -2.21. The highest BCUT2D eigenvalue weighted by atomic mass is 16.5. The number of hydrogen-bond acceptors (Lipinski definition) is 9. The topological polar surface area (TPSA) is 149 Å². The number of ether oxygens (including phenoxy) is 3. The SMILES string of the molecule is CC(C)(C)c1cc(CCC2CC2)cc(C(C)(C)C)c1O.CC(C)(C)c1cc(CCC2CCC2)cc(C(C)(C)C)c1O.CC(C)(C)c1cc(CCC2CCCC2)cc(C(C)(C)C)c1O.CC(C)(C)c1cc(OCC2CC2)cc(C(C)(C)C)c1O.CC(C)(C)c1cc(OCC2CCC2)cc(C(C)(C)C)c1O.CC(C)(C)c1cc(OCC2CCCC2)cc(C(C)(C)C)c1O. The van der Waals surface area contributed by atoms with E-state index >= 15 is 0 Å². The van der Waals surface area contributed by atoms with Crippen LogP contribution in [0.4, 0.5) is 0 Å². The van der Waals surface area contributed by atoms with Gasteiger partial charge in [-0.05, 0) is 264 Å². The molecule has 126 heavy (non-hydrogen) atoms. The molecule has 9 nitrogen and oxygen atoms in total. The van der Waals surface area contributed by atoms with Gasteiger partial charge < -0.3 is 44.8 Å². The molecule has 0 unspecified atom stereocenters. The van der Waals surface area contributed by atoms with E-state index in [9.17, 15) is 30.6 Å². The summed E-state index contributed by atoms with van der Waals surface area (Å²) in [7, 11) is 0. The normalized spacial score (nSPS) is 16.8. The van der Waals surface area contributed by atoms with Crippen LogP contribution in [0.5, 0.6) is 51.7 Å². The Morgan fingerprint density at radius 2 is 0.325 bits per heavy atom. The summed E-state index contributed by atoms with van der Waals surface area (Å²) in [5.74, 6) is 10.4. The summed E-state index contributed by atoms with van der Waals surface area (Å²) in [6.45, 7) is 80.1. The van der Waals surface area contributed by atoms with E-state index in [1.165, 1.54) is 152 Å². The van der Waals surface area contributed by atoms with Crippen molar-refractivity contribution < 1.29 is 44.8 Å². The predicted molar refractivity (Wildman–Crippen MR) is 539 cm³/mol. The largest absolute Gasteiger partial charge is 0.507 e. The molecular formula is C117H186O9. The molecule has 6 N–H and O–H groups in total. The summed E-state index contributed by atoms with van der Waals surface area (Å²) < 4.78 is 18.1. The minimum atomic E-state index is -0.100. The maximum atomic E-state index is 10.8. The van der Waals surface area contributed by atoms with Crippen LogP contribution in [-0.2, 0) is 84.2 Å². The van der Waals surface area contributed by atoms with Crippen LogP contribution in [-0.4, -0.2) is 50.5 Å². The number of hydrogen-bond donors (Lipinski definition) is 6. The van der Waals surface area contributed by atoms with Crippen molar-refractivity contribution in [1.29, 1.82) is 0 Å². The first-order chi connectivity index (χ1) is 57.5. The molecule has 9 heteroatoms. The lowest BCUT2D eigenvalue weighted by atomic mass is 9.77. The van der Waals surface area contributed by atoms with Crippen molar-refractivity contribution in [3.05, 3.63) is 156 Å². The first-order valence-electron chi connectivity index (χ1n) is 49.7. The van der Waals surface area contributed by atoms with Crippen molar-refractivity contribution in [2.75, 3.05) is 19.8 Å². The number of phenols is 6. The second kappa shape index (κ2) is 42.0. The van der Waals surface area contributed by atoms with Gasteiger partial charge in [0.25, 0.3) is 0 Å². The Morgan fingerprint density at radius 1 is 0.190 bits per heavy atom. The molecule has 0 bridgehead atoms. The third-order valence-corrected chi connectivity index (χ3v) is 27.2. The van der Waals surface area contributed by atoms with E-state index in [1.807, 2.05) is 36.4 Å². The molecule has 12 rings (SSSR count). The predicted octanol–water partition coefficient (Wildman–Crippen LogP) is 32.7. The van der Waals surface area contributed by atoms with Gasteiger partial charge in [-0.1, -0.05) is 363 Å². The van der Waals surface area contributed by atoms with Gasteiger partial charge in [-0.25, -0.2) is 0 Å². The van der Waals surface area contributed by atoms with Gasteiger partial charge in [0.2, 0.25) is 0 Å². The molecule has 6 aromatic carbocycles. The van der Waals surface area contributed by atoms with Gasteiger partial charge >= 0.3 is 0 Å². The summed E-state index contributed by atoms with van der Waals surface area (Å²) >= 11 is 0. The van der Waals surface area contributed by atoms with E-state index in [-0.39, 0.29) is 65.0 Å². The first-order valence-corrected chi connectivity index (χ1v) is 49.7. The third-order valence-electron chi connectivity index (χ3n) is 27.2. The Hall–Kier alpha value is -6.48. The number of rotatable bonds is 18. The molecule has 6 saturated carbocycles. The molecule has 0 spiro atoms. The van der Waals surface area contributed by atoms with Crippen molar-refractivity contribution in [3.63, 3.8) is 0 Å². The van der Waals surface area contributed by atoms with E-state index in [0.29, 0.717) is 40.4 Å². The highest BCUT2D eigenvalue weighted by Gasteiger charge is 2.36. The van der Waals surface area contributed by atoms with Gasteiger partial charge in [0.1, 0.15) is 51.7 Å². The van der Waals surface area contributed by atoms with Crippen molar-refractivity contribution >= 4 is 0 Å². The Labute approximate surface area is 771 Å². The minimum Gasteiger partial charge on any atom is -0.507 e. The van der Waals surface area contributed by atoms with Crippen LogP contribution in [0.1, 0.15) is 468 Å². The van der Waals surface area contributed by atoms with Crippen molar-refractivity contribution in [1.82, 2.24) is 0 Å². The van der Waals surface area contributed by atoms with Gasteiger partial charge in [-0.15, -0.1) is 0 Å². The Bertz CT molecular complexity index is 3970. The van der Waals surface area contributed by atoms with Gasteiger partial charge in [0.15, 0.2) is 0 Å². The van der Waals surface area contributed by atoms with E-state index in [1.54, 1.807) is 0 Å². The average molecular weight is 1740 g/mol. The number of benzene rings is 6. The summed E-state index contributed by atoms with van der Waals surface area (Å²) in [6, 6.07) is 25.5. The van der Waals surface area contributed by atoms with Gasteiger partial charge in [-0.2, -0.15) is 0 Å². The Morgan fingerprint density at radius 3 is 0.468 bits per heavy atom. The Kier molecular flexibility index (Phi) is 35.5. The molecule has 6 aromatic rings. The molecule has 6 aliphatic rings. The highest BCUT2D eigenvalue weighted by molar-refractivity contribution is 5.57. The molecule has 0 radical (unpaired) electrons. The maximum Gasteiger partial charge on any atom is 0.123 e. The second-order valence-electron chi connectivity index (χ2n) is 52.1. The standard InChI is InChI=1S/C21H34O.C20H32O2.C20H32O.C19H30O2.C19H30O.C18H28O2/c1-20(2,3)17-13-16(12-11-15-9-7-8-10-15)14-18(19(17)22)21(4,5)6;1-19(2,3)16-11-15(22-13-14-9-7-8-10-14)12-17(18(16)21)20(4,5)6;1-19(2,3)16-12-15(11-10-14-8-7-9-14)13-17(18(16)21)20(4,5)6;1-18(2,3)15-10-14(21-12-13-8-7-9-13)11-16(17(15)20)19(4,5)6;1-18(2,3)15-11-14(10-9-13-7-8-13)12-16(17(15)20)19(4,5)6;1-17(2,3)14-9-13(20-11-12-7-8-12)10-15(16(14)19)18(4,5)6/h13-15,22H,7-12H2,1-6H3;11-12,14,21H,7-10,13H2,1-6H3;12-14,21H,7-11H2,1-6H3;10-11,13,20H,7-9,12H2,1-6H3;11-13,20H,7-10H2,1-6H3;9-10,12,19H,7-8,11H2,1-6H3. The van der Waals surface area contributed by atoms with Crippen LogP contribution in [0.25, 0.3) is 0 Å². The Balaban J connectivity index is 0.000000208. The highest BCUT2D eigenvalue weighted by Crippen LogP contribution is 2.50. The second-order valence-corrected chi connectivity index (χ2v) is 52.1. The van der Waals surface area contributed by atoms with Gasteiger partial charge in [0, 0.05) is 33.4 Å². The monoisotopic (exact) mass is 1740 g/mol. The van der Waals surface area contributed by atoms with Gasteiger partial charge in [-0.3, -0.25) is 0 Å². The lowest BCUT2D eigenvalue weighted by molar-refractivity contribution is 0.180. The van der Waals surface area contributed by atoms with E-state index in [2.05, 4.69) is 286 Å². The molecular weight excluding hydrogens is 1550 g/mol. The van der Waals surface area contributed by atoms with Gasteiger partial charge in [0.05, 0.1) is 19.8 Å². The van der Waals surface area contributed by atoms with Crippen LogP contribution >= 0.6 is 0 Å².